The van der Waals surface area contributed by atoms with Gasteiger partial charge in [0.2, 0.25) is 15.9 Å². The molecule has 1 aromatic carbocycles. The monoisotopic (exact) mass is 282 g/mol. The van der Waals surface area contributed by atoms with Crippen molar-refractivity contribution in [3.63, 3.8) is 0 Å². The molecule has 0 fully saturated rings. The Morgan fingerprint density at radius 3 is 2.63 bits per heavy atom. The molecule has 0 bridgehead atoms. The minimum Gasteiger partial charge on any atom is -0.325 e. The highest BCUT2D eigenvalue weighted by Gasteiger charge is 2.38. The Labute approximate surface area is 113 Å². The number of fused-ring (bicyclic) bond motifs is 1. The van der Waals surface area contributed by atoms with E-state index in [1.165, 1.54) is 0 Å². The highest BCUT2D eigenvalue weighted by atomic mass is 32.2. The molecule has 2 rings (SSSR count). The van der Waals surface area contributed by atoms with E-state index >= 15 is 0 Å². The molecule has 0 aliphatic carbocycles. The Morgan fingerprint density at radius 2 is 2.00 bits per heavy atom. The van der Waals surface area contributed by atoms with Crippen LogP contribution >= 0.6 is 0 Å². The minimum atomic E-state index is -3.15. The molecule has 2 N–H and O–H groups in total. The van der Waals surface area contributed by atoms with E-state index in [1.54, 1.807) is 0 Å². The van der Waals surface area contributed by atoms with E-state index in [2.05, 4.69) is 10.0 Å². The van der Waals surface area contributed by atoms with Crippen LogP contribution in [0.3, 0.4) is 0 Å². The van der Waals surface area contributed by atoms with E-state index in [1.807, 2.05) is 32.0 Å². The fourth-order valence-corrected chi connectivity index (χ4v) is 2.63. The molecule has 0 aromatic heterocycles. The van der Waals surface area contributed by atoms with Crippen molar-refractivity contribution in [2.24, 2.45) is 0 Å². The first-order chi connectivity index (χ1) is 8.70. The number of rotatable bonds is 4. The average molecular weight is 282 g/mol. The van der Waals surface area contributed by atoms with E-state index < -0.39 is 15.4 Å². The fourth-order valence-electron chi connectivity index (χ4n) is 2.15. The van der Waals surface area contributed by atoms with Gasteiger partial charge >= 0.3 is 0 Å². The zero-order valence-electron chi connectivity index (χ0n) is 11.3. The summed E-state index contributed by atoms with van der Waals surface area (Å²) in [5.74, 6) is -0.00564. The standard InChI is InChI=1S/C13H18N2O3S/c1-13(2)10-8-9(6-7-14-19(3,17)18)4-5-11(10)15-12(13)16/h4-5,8,14H,6-7H2,1-3H3,(H,15,16). The first kappa shape index (κ1) is 14.0. The average Bonchev–Trinajstić information content (AvgIpc) is 2.49. The van der Waals surface area contributed by atoms with Crippen LogP contribution in [0, 0.1) is 0 Å². The molecule has 0 saturated carbocycles. The molecule has 1 aliphatic heterocycles. The predicted octanol–water partition coefficient (Wildman–Crippen LogP) is 1.01. The third kappa shape index (κ3) is 2.96. The summed E-state index contributed by atoms with van der Waals surface area (Å²) in [6.45, 7) is 4.12. The number of amides is 1. The van der Waals surface area contributed by atoms with Gasteiger partial charge < -0.3 is 5.32 Å². The lowest BCUT2D eigenvalue weighted by atomic mass is 9.85. The van der Waals surface area contributed by atoms with Crippen LogP contribution in [0.4, 0.5) is 5.69 Å². The van der Waals surface area contributed by atoms with Crippen molar-refractivity contribution in [3.05, 3.63) is 29.3 Å². The predicted molar refractivity (Wildman–Crippen MR) is 74.6 cm³/mol. The third-order valence-corrected chi connectivity index (χ3v) is 4.08. The normalized spacial score (nSPS) is 17.1. The number of hydrogen-bond acceptors (Lipinski definition) is 3. The Kier molecular flexibility index (Phi) is 3.40. The lowest BCUT2D eigenvalue weighted by Gasteiger charge is -2.15. The molecule has 0 saturated heterocycles. The molecule has 0 spiro atoms. The number of carbonyl (C=O) groups is 1. The Morgan fingerprint density at radius 1 is 1.32 bits per heavy atom. The van der Waals surface area contributed by atoms with E-state index in [4.69, 9.17) is 0 Å². The summed E-state index contributed by atoms with van der Waals surface area (Å²) in [5.41, 5.74) is 2.29. The first-order valence-electron chi connectivity index (χ1n) is 6.09. The summed E-state index contributed by atoms with van der Waals surface area (Å²) in [6.07, 6.45) is 1.74. The maximum absolute atomic E-state index is 11.8. The van der Waals surface area contributed by atoms with Gasteiger partial charge in [-0.2, -0.15) is 0 Å². The van der Waals surface area contributed by atoms with E-state index in [-0.39, 0.29) is 5.91 Å². The molecule has 1 aliphatic rings. The van der Waals surface area contributed by atoms with E-state index in [9.17, 15) is 13.2 Å². The van der Waals surface area contributed by atoms with Crippen LogP contribution in [0.25, 0.3) is 0 Å². The summed E-state index contributed by atoms with van der Waals surface area (Å²) < 4.78 is 24.4. The van der Waals surface area contributed by atoms with Crippen molar-refractivity contribution in [2.45, 2.75) is 25.7 Å². The van der Waals surface area contributed by atoms with Crippen LogP contribution in [0.1, 0.15) is 25.0 Å². The van der Waals surface area contributed by atoms with Gasteiger partial charge in [0, 0.05) is 12.2 Å². The molecule has 0 atom stereocenters. The number of nitrogens with one attached hydrogen (secondary N) is 2. The second kappa shape index (κ2) is 4.61. The van der Waals surface area contributed by atoms with Crippen LogP contribution in [0.2, 0.25) is 0 Å². The second-order valence-corrected chi connectivity index (χ2v) is 7.21. The van der Waals surface area contributed by atoms with Crippen LogP contribution in [0.15, 0.2) is 18.2 Å². The number of carbonyl (C=O) groups excluding carboxylic acids is 1. The maximum Gasteiger partial charge on any atom is 0.234 e. The Balaban J connectivity index is 2.15. The fraction of sp³-hybridized carbons (Fsp3) is 0.462. The number of sulfonamides is 1. The van der Waals surface area contributed by atoms with Crippen molar-refractivity contribution in [2.75, 3.05) is 18.1 Å². The zero-order chi connectivity index (χ0) is 14.3. The van der Waals surface area contributed by atoms with Crippen molar-refractivity contribution in [1.29, 1.82) is 0 Å². The van der Waals surface area contributed by atoms with Crippen LogP contribution in [-0.2, 0) is 26.7 Å². The summed E-state index contributed by atoms with van der Waals surface area (Å²) >= 11 is 0. The van der Waals surface area contributed by atoms with Crippen LogP contribution in [-0.4, -0.2) is 27.1 Å². The smallest absolute Gasteiger partial charge is 0.234 e. The molecule has 6 heteroatoms. The summed E-state index contributed by atoms with van der Waals surface area (Å²) in [6, 6.07) is 5.75. The zero-order valence-corrected chi connectivity index (χ0v) is 12.1. The highest BCUT2D eigenvalue weighted by molar-refractivity contribution is 7.88. The molecule has 19 heavy (non-hydrogen) atoms. The van der Waals surface area contributed by atoms with E-state index in [0.717, 1.165) is 23.1 Å². The molecule has 0 unspecified atom stereocenters. The van der Waals surface area contributed by atoms with Gasteiger partial charge in [-0.15, -0.1) is 0 Å². The van der Waals surface area contributed by atoms with Gasteiger partial charge in [-0.05, 0) is 37.5 Å². The van der Waals surface area contributed by atoms with Gasteiger partial charge in [-0.1, -0.05) is 12.1 Å². The first-order valence-corrected chi connectivity index (χ1v) is 7.99. The van der Waals surface area contributed by atoms with Crippen molar-refractivity contribution >= 4 is 21.6 Å². The molecule has 5 nitrogen and oxygen atoms in total. The quantitative estimate of drug-likeness (QED) is 0.865. The Hall–Kier alpha value is -1.40. The van der Waals surface area contributed by atoms with Gasteiger partial charge in [0.1, 0.15) is 0 Å². The molecule has 1 aromatic rings. The number of hydrogen-bond donors (Lipinski definition) is 2. The number of anilines is 1. The number of benzene rings is 1. The largest absolute Gasteiger partial charge is 0.325 e. The van der Waals surface area contributed by atoms with Gasteiger partial charge in [0.15, 0.2) is 0 Å². The summed E-state index contributed by atoms with van der Waals surface area (Å²) in [4.78, 5) is 11.8. The Bertz CT molecular complexity index is 621. The lowest BCUT2D eigenvalue weighted by molar-refractivity contribution is -0.119. The molecule has 1 amide bonds. The molecular formula is C13H18N2O3S. The molecule has 0 radical (unpaired) electrons. The van der Waals surface area contributed by atoms with E-state index in [0.29, 0.717) is 13.0 Å². The molecule has 104 valence electrons. The molecular weight excluding hydrogens is 264 g/mol. The van der Waals surface area contributed by atoms with Gasteiger partial charge in [-0.25, -0.2) is 13.1 Å². The summed E-state index contributed by atoms with van der Waals surface area (Å²) in [5, 5.41) is 2.84. The van der Waals surface area contributed by atoms with Crippen molar-refractivity contribution in [1.82, 2.24) is 4.72 Å². The van der Waals surface area contributed by atoms with Crippen molar-refractivity contribution in [3.8, 4) is 0 Å². The van der Waals surface area contributed by atoms with Gasteiger partial charge in [0.25, 0.3) is 0 Å². The van der Waals surface area contributed by atoms with Crippen LogP contribution < -0.4 is 10.0 Å². The highest BCUT2D eigenvalue weighted by Crippen LogP contribution is 2.37. The molecule has 1 heterocycles. The van der Waals surface area contributed by atoms with Crippen molar-refractivity contribution < 1.29 is 13.2 Å². The summed E-state index contributed by atoms with van der Waals surface area (Å²) in [7, 11) is -3.15. The van der Waals surface area contributed by atoms with Gasteiger partial charge in [0.05, 0.1) is 11.7 Å². The second-order valence-electron chi connectivity index (χ2n) is 5.38. The van der Waals surface area contributed by atoms with Crippen LogP contribution in [0.5, 0.6) is 0 Å². The SMILES string of the molecule is CC1(C)C(=O)Nc2ccc(CCNS(C)(=O)=O)cc21. The van der Waals surface area contributed by atoms with Gasteiger partial charge in [-0.3, -0.25) is 4.79 Å². The topological polar surface area (TPSA) is 75.3 Å². The minimum absolute atomic E-state index is 0.00564. The maximum atomic E-state index is 11.8. The lowest BCUT2D eigenvalue weighted by Crippen LogP contribution is -2.27. The third-order valence-electron chi connectivity index (χ3n) is 3.35.